The summed E-state index contributed by atoms with van der Waals surface area (Å²) in [7, 11) is 1.62. The zero-order valence-electron chi connectivity index (χ0n) is 18.0. The maximum atomic E-state index is 7.80. The lowest BCUT2D eigenvalue weighted by Crippen LogP contribution is -2.33. The Kier molecular flexibility index (Phi) is 10.9. The van der Waals surface area contributed by atoms with E-state index in [1.165, 1.54) is 37.7 Å². The number of ether oxygens (including phenoxy) is 2. The van der Waals surface area contributed by atoms with Crippen LogP contribution in [0.1, 0.15) is 43.2 Å². The van der Waals surface area contributed by atoms with Gasteiger partial charge in [0.1, 0.15) is 18.2 Å². The van der Waals surface area contributed by atoms with E-state index in [1.54, 1.807) is 7.11 Å². The molecule has 1 aliphatic rings. The average Bonchev–Trinajstić information content (AvgIpc) is 2.80. The molecule has 1 saturated carbocycles. The Labute approximate surface area is 179 Å². The van der Waals surface area contributed by atoms with Crippen LogP contribution in [0.25, 0.3) is 0 Å². The molecule has 1 aliphatic carbocycles. The van der Waals surface area contributed by atoms with Crippen LogP contribution in [-0.2, 0) is 22.6 Å². The summed E-state index contributed by atoms with van der Waals surface area (Å²) in [6.07, 6.45) is 6.62. The van der Waals surface area contributed by atoms with Crippen molar-refractivity contribution in [3.8, 4) is 0 Å². The second kappa shape index (κ2) is 13.7. The number of methoxy groups -OCH3 is 1. The summed E-state index contributed by atoms with van der Waals surface area (Å²) in [4.78, 5) is 3.60. The van der Waals surface area contributed by atoms with E-state index in [-0.39, 0.29) is 18.3 Å². The number of nitrogens with zero attached hydrogens (tertiary/aromatic N) is 1. The Bertz CT molecular complexity index is 683. The molecule has 8 nitrogen and oxygen atoms in total. The second-order valence-corrected chi connectivity index (χ2v) is 7.40. The van der Waals surface area contributed by atoms with Crippen LogP contribution in [0, 0.1) is 5.41 Å². The molecule has 0 heterocycles. The Morgan fingerprint density at radius 3 is 2.40 bits per heavy atom. The molecule has 1 aromatic carbocycles. The van der Waals surface area contributed by atoms with Crippen LogP contribution < -0.4 is 21.7 Å². The van der Waals surface area contributed by atoms with Crippen molar-refractivity contribution in [2.24, 2.45) is 10.7 Å². The van der Waals surface area contributed by atoms with Crippen molar-refractivity contribution < 1.29 is 9.47 Å². The molecule has 0 radical (unpaired) electrons. The fraction of sp³-hybridized carbons (Fsp3) is 0.545. The summed E-state index contributed by atoms with van der Waals surface area (Å²) < 4.78 is 10.4. The van der Waals surface area contributed by atoms with Gasteiger partial charge in [-0.05, 0) is 30.7 Å². The van der Waals surface area contributed by atoms with Crippen LogP contribution in [0.2, 0.25) is 0 Å². The van der Waals surface area contributed by atoms with Crippen LogP contribution in [0.4, 0.5) is 0 Å². The highest BCUT2D eigenvalue weighted by Crippen LogP contribution is 2.18. The topological polar surface area (TPSA) is 117 Å². The van der Waals surface area contributed by atoms with Crippen LogP contribution in [0.15, 0.2) is 40.8 Å². The summed E-state index contributed by atoms with van der Waals surface area (Å²) in [5.41, 5.74) is 8.60. The van der Waals surface area contributed by atoms with Gasteiger partial charge in [-0.2, -0.15) is 0 Å². The van der Waals surface area contributed by atoms with Crippen LogP contribution in [-0.4, -0.2) is 45.6 Å². The highest BCUT2D eigenvalue weighted by Gasteiger charge is 2.12. The van der Waals surface area contributed by atoms with Crippen molar-refractivity contribution in [3.05, 3.63) is 46.9 Å². The third-order valence-electron chi connectivity index (χ3n) is 5.16. The van der Waals surface area contributed by atoms with E-state index >= 15 is 0 Å². The number of nitrogens with two attached hydrogens (primary N) is 1. The summed E-state index contributed by atoms with van der Waals surface area (Å²) in [6.45, 7) is 6.04. The van der Waals surface area contributed by atoms with Gasteiger partial charge in [0.25, 0.3) is 0 Å². The van der Waals surface area contributed by atoms with E-state index in [0.717, 1.165) is 12.1 Å². The van der Waals surface area contributed by atoms with Gasteiger partial charge >= 0.3 is 0 Å². The first-order valence-corrected chi connectivity index (χ1v) is 10.5. The number of amidine groups is 1. The highest BCUT2D eigenvalue weighted by molar-refractivity contribution is 5.98. The third-order valence-corrected chi connectivity index (χ3v) is 5.16. The first kappa shape index (κ1) is 23.9. The minimum Gasteiger partial charge on any atom is -0.393 e. The molecule has 0 aromatic heterocycles. The standard InChI is InChI=1S/C22H36N6O2/c1-25-21(24)20(23)22(28-16-30-13-12-29-2)27-15-18-10-8-17(9-11-18)14-26-19-6-4-3-5-7-19/h8-11,19,24,26-28H,1,3-7,12-16,23H2,2H3/b22-20+,24-21?. The zero-order valence-corrected chi connectivity index (χ0v) is 18.0. The van der Waals surface area contributed by atoms with Gasteiger partial charge in [-0.25, -0.2) is 4.99 Å². The SMILES string of the molecule is C=NC(=N)/C(N)=C(\NCOCCOC)NCc1ccc(CNC2CCCCC2)cc1. The molecule has 0 bridgehead atoms. The lowest BCUT2D eigenvalue weighted by Gasteiger charge is -2.23. The summed E-state index contributed by atoms with van der Waals surface area (Å²) >= 11 is 0. The summed E-state index contributed by atoms with van der Waals surface area (Å²) in [5.74, 6) is 0.402. The van der Waals surface area contributed by atoms with Crippen molar-refractivity contribution in [2.45, 2.75) is 51.2 Å². The normalized spacial score (nSPS) is 15.4. The maximum absolute atomic E-state index is 7.80. The smallest absolute Gasteiger partial charge is 0.171 e. The number of nitrogens with one attached hydrogen (secondary N) is 4. The molecule has 1 fully saturated rings. The quantitative estimate of drug-likeness (QED) is 0.146. The molecule has 0 aliphatic heterocycles. The van der Waals surface area contributed by atoms with Gasteiger partial charge in [0.2, 0.25) is 0 Å². The van der Waals surface area contributed by atoms with Crippen molar-refractivity contribution in [2.75, 3.05) is 27.1 Å². The van der Waals surface area contributed by atoms with Gasteiger partial charge in [0, 0.05) is 26.2 Å². The lowest BCUT2D eigenvalue weighted by molar-refractivity contribution is 0.0636. The fourth-order valence-electron chi connectivity index (χ4n) is 3.33. The van der Waals surface area contributed by atoms with E-state index in [9.17, 15) is 0 Å². The van der Waals surface area contributed by atoms with Gasteiger partial charge < -0.3 is 31.2 Å². The molecule has 6 N–H and O–H groups in total. The van der Waals surface area contributed by atoms with E-state index in [0.29, 0.717) is 31.6 Å². The number of rotatable bonds is 13. The molecule has 8 heteroatoms. The monoisotopic (exact) mass is 416 g/mol. The zero-order chi connectivity index (χ0) is 21.6. The molecular formula is C22H36N6O2. The molecule has 0 atom stereocenters. The summed E-state index contributed by atoms with van der Waals surface area (Å²) in [6, 6.07) is 9.15. The van der Waals surface area contributed by atoms with Gasteiger partial charge in [-0.3, -0.25) is 5.41 Å². The van der Waals surface area contributed by atoms with Crippen LogP contribution in [0.5, 0.6) is 0 Å². The van der Waals surface area contributed by atoms with Crippen LogP contribution in [0.3, 0.4) is 0 Å². The minimum atomic E-state index is -0.0916. The predicted molar refractivity (Wildman–Crippen MR) is 121 cm³/mol. The van der Waals surface area contributed by atoms with Gasteiger partial charge in [-0.15, -0.1) is 0 Å². The Hall–Kier alpha value is -2.42. The van der Waals surface area contributed by atoms with Crippen LogP contribution >= 0.6 is 0 Å². The minimum absolute atomic E-state index is 0.0916. The van der Waals surface area contributed by atoms with E-state index in [1.807, 2.05) is 0 Å². The second-order valence-electron chi connectivity index (χ2n) is 7.40. The molecule has 0 amide bonds. The Balaban J connectivity index is 1.85. The lowest BCUT2D eigenvalue weighted by atomic mass is 9.95. The van der Waals surface area contributed by atoms with Crippen molar-refractivity contribution >= 4 is 12.6 Å². The molecule has 0 spiro atoms. The Morgan fingerprint density at radius 2 is 1.77 bits per heavy atom. The van der Waals surface area contributed by atoms with Gasteiger partial charge in [0.05, 0.1) is 13.2 Å². The van der Waals surface area contributed by atoms with Crippen molar-refractivity contribution in [1.29, 1.82) is 5.41 Å². The molecule has 0 saturated heterocycles. The van der Waals surface area contributed by atoms with Gasteiger partial charge in [-0.1, -0.05) is 43.5 Å². The number of benzene rings is 1. The van der Waals surface area contributed by atoms with E-state index in [2.05, 4.69) is 51.9 Å². The number of hydrogen-bond donors (Lipinski definition) is 5. The fourth-order valence-corrected chi connectivity index (χ4v) is 3.33. The molecule has 0 unspecified atom stereocenters. The molecular weight excluding hydrogens is 380 g/mol. The number of aliphatic imine (C=N–C) groups is 1. The summed E-state index contributed by atoms with van der Waals surface area (Å²) in [5, 5.41) is 17.8. The molecule has 1 aromatic rings. The Morgan fingerprint density at radius 1 is 1.10 bits per heavy atom. The van der Waals surface area contributed by atoms with Crippen molar-refractivity contribution in [1.82, 2.24) is 16.0 Å². The number of hydrogen-bond acceptors (Lipinski definition) is 7. The first-order valence-electron chi connectivity index (χ1n) is 10.5. The molecule has 30 heavy (non-hydrogen) atoms. The molecule has 2 rings (SSSR count). The first-order chi connectivity index (χ1) is 14.6. The largest absolute Gasteiger partial charge is 0.393 e. The van der Waals surface area contributed by atoms with E-state index < -0.39 is 0 Å². The third kappa shape index (κ3) is 8.52. The van der Waals surface area contributed by atoms with Crippen molar-refractivity contribution in [3.63, 3.8) is 0 Å². The van der Waals surface area contributed by atoms with E-state index in [4.69, 9.17) is 20.6 Å². The molecule has 166 valence electrons. The maximum Gasteiger partial charge on any atom is 0.171 e. The van der Waals surface area contributed by atoms with Gasteiger partial charge in [0.15, 0.2) is 5.84 Å². The predicted octanol–water partition coefficient (Wildman–Crippen LogP) is 2.21. The highest BCUT2D eigenvalue weighted by atomic mass is 16.5. The average molecular weight is 417 g/mol.